The zero-order valence-corrected chi connectivity index (χ0v) is 10.7. The van der Waals surface area contributed by atoms with Gasteiger partial charge in [0.05, 0.1) is 6.61 Å². The fourth-order valence-corrected chi connectivity index (χ4v) is 1.17. The molecule has 0 aromatic carbocycles. The average Bonchev–Trinajstić information content (AvgIpc) is 2.25. The van der Waals surface area contributed by atoms with E-state index in [1.807, 2.05) is 12.3 Å². The van der Waals surface area contributed by atoms with Gasteiger partial charge >= 0.3 is 0 Å². The summed E-state index contributed by atoms with van der Waals surface area (Å²) in [5.74, 6) is 1.24. The molecule has 0 radical (unpaired) electrons. The average molecular weight is 222 g/mol. The summed E-state index contributed by atoms with van der Waals surface area (Å²) in [6.45, 7) is 10.1. The third-order valence-electron chi connectivity index (χ3n) is 2.08. The number of nitrogens with one attached hydrogen (secondary N) is 1. The number of aromatic nitrogens is 1. The minimum absolute atomic E-state index is 0.497. The molecule has 1 rings (SSSR count). The first-order valence-electron chi connectivity index (χ1n) is 5.89. The fraction of sp³-hybridized carbons (Fsp3) is 0.615. The number of hydrogen-bond donors (Lipinski definition) is 1. The van der Waals surface area contributed by atoms with Gasteiger partial charge in [-0.3, -0.25) is 0 Å². The highest BCUT2D eigenvalue weighted by Gasteiger charge is 1.99. The van der Waals surface area contributed by atoms with E-state index in [4.69, 9.17) is 4.74 Å². The van der Waals surface area contributed by atoms with Gasteiger partial charge in [-0.25, -0.2) is 4.98 Å². The molecule has 0 saturated carbocycles. The molecule has 0 spiro atoms. The van der Waals surface area contributed by atoms with Crippen molar-refractivity contribution >= 4 is 0 Å². The minimum Gasteiger partial charge on any atom is -0.477 e. The molecular formula is C13H22N2O. The lowest BCUT2D eigenvalue weighted by molar-refractivity contribution is 0.261. The van der Waals surface area contributed by atoms with Gasteiger partial charge in [-0.05, 0) is 11.5 Å². The van der Waals surface area contributed by atoms with Gasteiger partial charge in [-0.15, -0.1) is 0 Å². The van der Waals surface area contributed by atoms with Crippen LogP contribution < -0.4 is 10.1 Å². The van der Waals surface area contributed by atoms with Crippen molar-refractivity contribution in [3.8, 4) is 5.88 Å². The molecule has 3 nitrogen and oxygen atoms in total. The van der Waals surface area contributed by atoms with Crippen molar-refractivity contribution < 1.29 is 4.74 Å². The van der Waals surface area contributed by atoms with Crippen molar-refractivity contribution in [1.82, 2.24) is 10.3 Å². The number of nitrogens with zero attached hydrogens (tertiary/aromatic N) is 1. The maximum atomic E-state index is 5.52. The van der Waals surface area contributed by atoms with Crippen LogP contribution >= 0.6 is 0 Å². The molecule has 90 valence electrons. The summed E-state index contributed by atoms with van der Waals surface area (Å²) in [6, 6.07) is 4.48. The third-order valence-corrected chi connectivity index (χ3v) is 2.08. The van der Waals surface area contributed by atoms with Crippen molar-refractivity contribution in [2.24, 2.45) is 5.92 Å². The van der Waals surface area contributed by atoms with Crippen molar-refractivity contribution in [1.29, 1.82) is 0 Å². The topological polar surface area (TPSA) is 34.1 Å². The molecule has 0 amide bonds. The Balaban J connectivity index is 2.41. The van der Waals surface area contributed by atoms with Crippen LogP contribution in [0.4, 0.5) is 0 Å². The highest BCUT2D eigenvalue weighted by molar-refractivity contribution is 5.17. The molecule has 0 unspecified atom stereocenters. The van der Waals surface area contributed by atoms with Crippen molar-refractivity contribution in [3.63, 3.8) is 0 Å². The summed E-state index contributed by atoms with van der Waals surface area (Å²) in [5, 5.41) is 3.35. The second-order valence-corrected chi connectivity index (χ2v) is 4.75. The van der Waals surface area contributed by atoms with Crippen molar-refractivity contribution in [3.05, 3.63) is 23.9 Å². The predicted molar refractivity (Wildman–Crippen MR) is 66.5 cm³/mol. The van der Waals surface area contributed by atoms with E-state index in [-0.39, 0.29) is 0 Å². The van der Waals surface area contributed by atoms with E-state index in [2.05, 4.69) is 44.1 Å². The van der Waals surface area contributed by atoms with Crippen LogP contribution in [0.25, 0.3) is 0 Å². The number of rotatable bonds is 6. The minimum atomic E-state index is 0.497. The van der Waals surface area contributed by atoms with Crippen LogP contribution in [0.15, 0.2) is 18.3 Å². The summed E-state index contributed by atoms with van der Waals surface area (Å²) < 4.78 is 5.52. The summed E-state index contributed by atoms with van der Waals surface area (Å²) in [4.78, 5) is 4.27. The van der Waals surface area contributed by atoms with E-state index in [0.29, 0.717) is 17.8 Å². The Morgan fingerprint density at radius 2 is 2.00 bits per heavy atom. The first-order valence-corrected chi connectivity index (χ1v) is 5.89. The van der Waals surface area contributed by atoms with Crippen LogP contribution in [0.5, 0.6) is 5.88 Å². The van der Waals surface area contributed by atoms with Gasteiger partial charge in [-0.2, -0.15) is 0 Å². The van der Waals surface area contributed by atoms with Crippen LogP contribution in [0.1, 0.15) is 33.3 Å². The molecular weight excluding hydrogens is 200 g/mol. The quantitative estimate of drug-likeness (QED) is 0.803. The van der Waals surface area contributed by atoms with Crippen LogP contribution in [0.2, 0.25) is 0 Å². The van der Waals surface area contributed by atoms with E-state index >= 15 is 0 Å². The van der Waals surface area contributed by atoms with E-state index in [9.17, 15) is 0 Å². The molecule has 1 heterocycles. The molecule has 0 aliphatic rings. The highest BCUT2D eigenvalue weighted by Crippen LogP contribution is 2.08. The second-order valence-electron chi connectivity index (χ2n) is 4.75. The molecule has 3 heteroatoms. The molecule has 0 fully saturated rings. The summed E-state index contributed by atoms with van der Waals surface area (Å²) in [6.07, 6.45) is 1.87. The van der Waals surface area contributed by atoms with E-state index < -0.39 is 0 Å². The Kier molecular flexibility index (Phi) is 5.26. The van der Waals surface area contributed by atoms with Crippen LogP contribution in [0, 0.1) is 5.92 Å². The standard InChI is InChI=1S/C13H22N2O/c1-10(2)9-16-13-6-5-12(8-15-13)7-14-11(3)4/h5-6,8,10-11,14H,7,9H2,1-4H3. The molecule has 0 saturated heterocycles. The molecule has 1 N–H and O–H groups in total. The summed E-state index contributed by atoms with van der Waals surface area (Å²) in [7, 11) is 0. The Bertz CT molecular complexity index is 262. The van der Waals surface area contributed by atoms with Crippen molar-refractivity contribution in [2.45, 2.75) is 40.3 Å². The SMILES string of the molecule is CC(C)COc1ccc(CNC(C)C)cn1. The number of ether oxygens (including phenoxy) is 1. The molecule has 1 aromatic heterocycles. The lowest BCUT2D eigenvalue weighted by atomic mass is 10.2. The van der Waals surface area contributed by atoms with Gasteiger partial charge in [0.15, 0.2) is 0 Å². The predicted octanol–water partition coefficient (Wildman–Crippen LogP) is 2.61. The van der Waals surface area contributed by atoms with Gasteiger partial charge in [0.1, 0.15) is 0 Å². The van der Waals surface area contributed by atoms with Gasteiger partial charge in [0.2, 0.25) is 5.88 Å². The summed E-state index contributed by atoms with van der Waals surface area (Å²) >= 11 is 0. The summed E-state index contributed by atoms with van der Waals surface area (Å²) in [5.41, 5.74) is 1.19. The fourth-order valence-electron chi connectivity index (χ4n) is 1.17. The molecule has 16 heavy (non-hydrogen) atoms. The van der Waals surface area contributed by atoms with Crippen LogP contribution in [-0.4, -0.2) is 17.6 Å². The third kappa shape index (κ3) is 5.12. The normalized spacial score (nSPS) is 11.1. The lowest BCUT2D eigenvalue weighted by Gasteiger charge is -2.09. The van der Waals surface area contributed by atoms with E-state index in [1.165, 1.54) is 5.56 Å². The van der Waals surface area contributed by atoms with Crippen molar-refractivity contribution in [2.75, 3.05) is 6.61 Å². The van der Waals surface area contributed by atoms with Gasteiger partial charge in [0.25, 0.3) is 0 Å². The maximum Gasteiger partial charge on any atom is 0.213 e. The molecule has 0 aliphatic heterocycles. The molecule has 0 atom stereocenters. The van der Waals surface area contributed by atoms with E-state index in [0.717, 1.165) is 13.2 Å². The smallest absolute Gasteiger partial charge is 0.213 e. The molecule has 1 aromatic rings. The van der Waals surface area contributed by atoms with Crippen LogP contribution in [0.3, 0.4) is 0 Å². The van der Waals surface area contributed by atoms with Gasteiger partial charge < -0.3 is 10.1 Å². The lowest BCUT2D eigenvalue weighted by Crippen LogP contribution is -2.21. The number of pyridine rings is 1. The Hall–Kier alpha value is -1.09. The molecule has 0 aliphatic carbocycles. The van der Waals surface area contributed by atoms with Gasteiger partial charge in [0, 0.05) is 24.8 Å². The van der Waals surface area contributed by atoms with Gasteiger partial charge in [-0.1, -0.05) is 33.8 Å². The van der Waals surface area contributed by atoms with Crippen LogP contribution in [-0.2, 0) is 6.54 Å². The van der Waals surface area contributed by atoms with E-state index in [1.54, 1.807) is 0 Å². The zero-order chi connectivity index (χ0) is 12.0. The Morgan fingerprint density at radius 1 is 1.25 bits per heavy atom. The first-order chi connectivity index (χ1) is 7.58. The maximum absolute atomic E-state index is 5.52. The monoisotopic (exact) mass is 222 g/mol. The highest BCUT2D eigenvalue weighted by atomic mass is 16.5. The molecule has 0 bridgehead atoms. The Morgan fingerprint density at radius 3 is 2.50 bits per heavy atom. The second kappa shape index (κ2) is 6.48. The largest absolute Gasteiger partial charge is 0.477 e. The first kappa shape index (κ1) is 13.0. The Labute approximate surface area is 98.2 Å². The number of hydrogen-bond acceptors (Lipinski definition) is 3. The zero-order valence-electron chi connectivity index (χ0n) is 10.7.